The van der Waals surface area contributed by atoms with Gasteiger partial charge in [-0.05, 0) is 19.1 Å². The van der Waals surface area contributed by atoms with Crippen molar-refractivity contribution < 1.29 is 32.1 Å². The van der Waals surface area contributed by atoms with Gasteiger partial charge in [0.25, 0.3) is 0 Å². The van der Waals surface area contributed by atoms with E-state index in [0.29, 0.717) is 41.2 Å². The van der Waals surface area contributed by atoms with E-state index in [9.17, 15) is 8.42 Å². The predicted molar refractivity (Wildman–Crippen MR) is 133 cm³/mol. The summed E-state index contributed by atoms with van der Waals surface area (Å²) in [5, 5.41) is 7.56. The highest BCUT2D eigenvalue weighted by Gasteiger charge is 2.36. The summed E-state index contributed by atoms with van der Waals surface area (Å²) in [6, 6.07) is 5.16. The van der Waals surface area contributed by atoms with Crippen LogP contribution in [0.5, 0.6) is 11.5 Å². The first-order valence-electron chi connectivity index (χ1n) is 11.2. The normalized spacial score (nSPS) is 17.7. The van der Waals surface area contributed by atoms with Crippen LogP contribution < -0.4 is 14.2 Å². The van der Waals surface area contributed by atoms with E-state index in [1.807, 2.05) is 0 Å². The van der Waals surface area contributed by atoms with Gasteiger partial charge < -0.3 is 23.7 Å². The van der Waals surface area contributed by atoms with Crippen molar-refractivity contribution in [2.75, 3.05) is 45.9 Å². The Morgan fingerprint density at radius 3 is 2.35 bits per heavy atom. The lowest BCUT2D eigenvalue weighted by atomic mass is 10.2. The number of para-hydroxylation sites is 1. The maximum atomic E-state index is 13.5. The minimum absolute atomic E-state index is 0.106. The van der Waals surface area contributed by atoms with E-state index in [4.69, 9.17) is 35.3 Å². The molecule has 0 saturated carbocycles. The third-order valence-corrected chi connectivity index (χ3v) is 7.60. The topological polar surface area (TPSA) is 149 Å². The molecule has 3 aromatic rings. The minimum Gasteiger partial charge on any atom is -0.494 e. The highest BCUT2D eigenvalue weighted by atomic mass is 35.5. The number of halogens is 1. The molecule has 0 amide bonds. The van der Waals surface area contributed by atoms with Gasteiger partial charge in [0.2, 0.25) is 16.0 Å². The molecule has 0 aliphatic carbocycles. The molecule has 4 rings (SSSR count). The molecule has 13 nitrogen and oxygen atoms in total. The monoisotopic (exact) mass is 554 g/mol. The highest BCUT2D eigenvalue weighted by molar-refractivity contribution is 7.93. The van der Waals surface area contributed by atoms with Gasteiger partial charge in [0.15, 0.2) is 11.6 Å². The van der Waals surface area contributed by atoms with Crippen molar-refractivity contribution in [1.82, 2.24) is 24.7 Å². The third-order valence-electron chi connectivity index (χ3n) is 5.72. The second kappa shape index (κ2) is 11.6. The largest absolute Gasteiger partial charge is 0.494 e. The van der Waals surface area contributed by atoms with Crippen molar-refractivity contribution in [2.45, 2.75) is 24.4 Å². The van der Waals surface area contributed by atoms with E-state index in [1.54, 1.807) is 18.2 Å². The lowest BCUT2D eigenvalue weighted by Gasteiger charge is -2.25. The summed E-state index contributed by atoms with van der Waals surface area (Å²) in [5.41, 5.74) is 0.386. The summed E-state index contributed by atoms with van der Waals surface area (Å²) >= 11 is 5.87. The van der Waals surface area contributed by atoms with Crippen LogP contribution in [0, 0.1) is 0 Å². The Kier molecular flexibility index (Phi) is 8.44. The molecule has 3 atom stereocenters. The first kappa shape index (κ1) is 27.0. The molecule has 0 spiro atoms. The number of rotatable bonds is 10. The SMILES string of the molecule is COc1cccc(OC)c1-n1c(NS(=O)(=O)C(C)C(OC)c2ncc(Cl)cn2)nnc1[C@@H]1COCCO1. The summed E-state index contributed by atoms with van der Waals surface area (Å²) in [6.07, 6.45) is 1.12. The smallest absolute Gasteiger partial charge is 0.243 e. The Balaban J connectivity index is 1.78. The Morgan fingerprint density at radius 2 is 1.78 bits per heavy atom. The molecule has 200 valence electrons. The van der Waals surface area contributed by atoms with Crippen molar-refractivity contribution >= 4 is 27.6 Å². The quantitative estimate of drug-likeness (QED) is 0.393. The van der Waals surface area contributed by atoms with Crippen LogP contribution in [0.1, 0.15) is 30.8 Å². The average Bonchev–Trinajstić information content (AvgIpc) is 3.32. The second-order valence-electron chi connectivity index (χ2n) is 7.93. The first-order chi connectivity index (χ1) is 17.8. The zero-order valence-corrected chi connectivity index (χ0v) is 22.2. The summed E-state index contributed by atoms with van der Waals surface area (Å²) in [7, 11) is 0.215. The molecule has 37 heavy (non-hydrogen) atoms. The molecule has 1 fully saturated rings. The van der Waals surface area contributed by atoms with Crippen molar-refractivity contribution in [3.8, 4) is 17.2 Å². The van der Waals surface area contributed by atoms with Gasteiger partial charge in [-0.2, -0.15) is 0 Å². The summed E-state index contributed by atoms with van der Waals surface area (Å²) in [5.74, 6) is 1.15. The number of benzene rings is 1. The van der Waals surface area contributed by atoms with Gasteiger partial charge in [-0.25, -0.2) is 18.4 Å². The maximum Gasteiger partial charge on any atom is 0.243 e. The van der Waals surface area contributed by atoms with Crippen LogP contribution in [-0.2, 0) is 24.2 Å². The minimum atomic E-state index is -4.13. The molecule has 2 unspecified atom stereocenters. The lowest BCUT2D eigenvalue weighted by molar-refractivity contribution is -0.0941. The molecule has 0 bridgehead atoms. The molecule has 2 aromatic heterocycles. The van der Waals surface area contributed by atoms with Gasteiger partial charge in [-0.3, -0.25) is 9.29 Å². The van der Waals surface area contributed by atoms with E-state index >= 15 is 0 Å². The van der Waals surface area contributed by atoms with Gasteiger partial charge in [0.1, 0.15) is 34.6 Å². The standard InChI is InChI=1S/C22H27ClN6O7S/c1-13(19(34-4)20-24-10-14(23)11-25-20)37(30,31)28-22-27-26-21(17-12-35-8-9-36-17)29(22)18-15(32-2)6-5-7-16(18)33-3/h5-7,10-11,13,17,19H,8-9,12H2,1-4H3,(H,27,28)/t13?,17-,19?/m0/s1. The molecule has 1 aromatic carbocycles. The Bertz CT molecular complexity index is 1290. The molecule has 1 aliphatic heterocycles. The summed E-state index contributed by atoms with van der Waals surface area (Å²) in [6.45, 7) is 2.45. The van der Waals surface area contributed by atoms with Gasteiger partial charge in [-0.1, -0.05) is 17.7 Å². The van der Waals surface area contributed by atoms with Crippen LogP contribution in [0.15, 0.2) is 30.6 Å². The average molecular weight is 555 g/mol. The number of nitrogens with zero attached hydrogens (tertiary/aromatic N) is 5. The van der Waals surface area contributed by atoms with Crippen LogP contribution in [-0.4, -0.2) is 79.6 Å². The Labute approximate surface area is 219 Å². The molecule has 0 radical (unpaired) electrons. The third kappa shape index (κ3) is 5.62. The van der Waals surface area contributed by atoms with Crippen LogP contribution in [0.3, 0.4) is 0 Å². The lowest BCUT2D eigenvalue weighted by Crippen LogP contribution is -2.33. The number of ether oxygens (including phenoxy) is 5. The number of anilines is 1. The van der Waals surface area contributed by atoms with Gasteiger partial charge in [0.05, 0.1) is 39.1 Å². The predicted octanol–water partition coefficient (Wildman–Crippen LogP) is 2.33. The fourth-order valence-electron chi connectivity index (χ4n) is 3.84. The maximum absolute atomic E-state index is 13.5. The molecule has 3 heterocycles. The molecular weight excluding hydrogens is 528 g/mol. The second-order valence-corrected chi connectivity index (χ2v) is 10.4. The van der Waals surface area contributed by atoms with E-state index < -0.39 is 27.5 Å². The van der Waals surface area contributed by atoms with Crippen molar-refractivity contribution in [3.63, 3.8) is 0 Å². The summed E-state index contributed by atoms with van der Waals surface area (Å²) < 4.78 is 59.1. The summed E-state index contributed by atoms with van der Waals surface area (Å²) in [4.78, 5) is 8.22. The molecule has 1 saturated heterocycles. The fraction of sp³-hybridized carbons (Fsp3) is 0.455. The zero-order valence-electron chi connectivity index (χ0n) is 20.6. The van der Waals surface area contributed by atoms with Crippen LogP contribution >= 0.6 is 11.6 Å². The van der Waals surface area contributed by atoms with Gasteiger partial charge >= 0.3 is 0 Å². The van der Waals surface area contributed by atoms with Gasteiger partial charge in [-0.15, -0.1) is 10.2 Å². The number of hydrogen-bond donors (Lipinski definition) is 1. The van der Waals surface area contributed by atoms with Crippen molar-refractivity contribution in [1.29, 1.82) is 0 Å². The highest BCUT2D eigenvalue weighted by Crippen LogP contribution is 2.37. The number of sulfonamides is 1. The fourth-order valence-corrected chi connectivity index (χ4v) is 5.07. The number of nitrogens with one attached hydrogen (secondary N) is 1. The number of aromatic nitrogens is 5. The van der Waals surface area contributed by atoms with E-state index in [-0.39, 0.29) is 18.4 Å². The van der Waals surface area contributed by atoms with E-state index in [1.165, 1.54) is 45.2 Å². The number of hydrogen-bond acceptors (Lipinski definition) is 11. The molecule has 15 heteroatoms. The molecular formula is C22H27ClN6O7S. The van der Waals surface area contributed by atoms with Crippen LogP contribution in [0.2, 0.25) is 5.02 Å². The van der Waals surface area contributed by atoms with E-state index in [2.05, 4.69) is 24.9 Å². The van der Waals surface area contributed by atoms with Crippen LogP contribution in [0.25, 0.3) is 5.69 Å². The Hall–Kier alpha value is -3.04. The Morgan fingerprint density at radius 1 is 1.11 bits per heavy atom. The van der Waals surface area contributed by atoms with Crippen molar-refractivity contribution in [3.05, 3.63) is 47.3 Å². The van der Waals surface area contributed by atoms with Crippen LogP contribution in [0.4, 0.5) is 5.95 Å². The molecule has 1 aliphatic rings. The van der Waals surface area contributed by atoms with E-state index in [0.717, 1.165) is 0 Å². The first-order valence-corrected chi connectivity index (χ1v) is 13.1. The zero-order chi connectivity index (χ0) is 26.6. The number of methoxy groups -OCH3 is 3. The van der Waals surface area contributed by atoms with Gasteiger partial charge in [0, 0.05) is 19.5 Å². The van der Waals surface area contributed by atoms with Crippen molar-refractivity contribution in [2.24, 2.45) is 0 Å². The molecule has 1 N–H and O–H groups in total.